The van der Waals surface area contributed by atoms with E-state index in [0.29, 0.717) is 11.4 Å². The lowest BCUT2D eigenvalue weighted by Gasteiger charge is -2.06. The maximum absolute atomic E-state index is 14.4. The van der Waals surface area contributed by atoms with Gasteiger partial charge in [-0.1, -0.05) is 6.07 Å². The molecule has 0 aliphatic rings. The number of hydrogen-bond donors (Lipinski definition) is 2. The molecule has 29 heavy (non-hydrogen) atoms. The summed E-state index contributed by atoms with van der Waals surface area (Å²) in [7, 11) is 0. The second-order valence-electron chi connectivity index (χ2n) is 6.07. The maximum Gasteiger partial charge on any atom is 0.273 e. The van der Waals surface area contributed by atoms with Crippen LogP contribution in [0.25, 0.3) is 11.3 Å². The normalized spacial score (nSPS) is 10.4. The first kappa shape index (κ1) is 20.1. The molecule has 8 nitrogen and oxygen atoms in total. The van der Waals surface area contributed by atoms with Crippen molar-refractivity contribution in [3.8, 4) is 11.3 Å². The van der Waals surface area contributed by atoms with Crippen molar-refractivity contribution in [3.63, 3.8) is 0 Å². The van der Waals surface area contributed by atoms with E-state index >= 15 is 0 Å². The summed E-state index contributed by atoms with van der Waals surface area (Å²) < 4.78 is 14.4. The van der Waals surface area contributed by atoms with E-state index in [1.807, 2.05) is 0 Å². The van der Waals surface area contributed by atoms with E-state index in [1.165, 1.54) is 44.2 Å². The Morgan fingerprint density at radius 2 is 1.97 bits per heavy atom. The number of halogens is 1. The Morgan fingerprint density at radius 1 is 1.21 bits per heavy atom. The number of amides is 2. The summed E-state index contributed by atoms with van der Waals surface area (Å²) in [5.41, 5.74) is 1.09. The molecule has 3 aromatic rings. The van der Waals surface area contributed by atoms with Gasteiger partial charge in [-0.05, 0) is 31.2 Å². The summed E-state index contributed by atoms with van der Waals surface area (Å²) in [5.74, 6) is -1.44. The van der Waals surface area contributed by atoms with E-state index in [4.69, 9.17) is 0 Å². The van der Waals surface area contributed by atoms with Gasteiger partial charge in [-0.15, -0.1) is 11.3 Å². The number of rotatable bonds is 5. The van der Waals surface area contributed by atoms with Gasteiger partial charge in [0.25, 0.3) is 11.6 Å². The Kier molecular flexibility index (Phi) is 5.64. The smallest absolute Gasteiger partial charge is 0.273 e. The number of thiazole rings is 1. The first-order valence-corrected chi connectivity index (χ1v) is 9.22. The van der Waals surface area contributed by atoms with Crippen molar-refractivity contribution in [2.45, 2.75) is 13.8 Å². The van der Waals surface area contributed by atoms with Gasteiger partial charge >= 0.3 is 0 Å². The molecule has 2 amide bonds. The molecule has 0 aliphatic carbocycles. The van der Waals surface area contributed by atoms with E-state index in [2.05, 4.69) is 15.6 Å². The van der Waals surface area contributed by atoms with Crippen LogP contribution in [0, 0.1) is 22.9 Å². The third kappa shape index (κ3) is 4.43. The SMILES string of the molecule is CC(=O)Nc1ccc(-c2csc(NC(=O)c3cccc([N+](=O)[O-])c3C)n2)c(F)c1. The van der Waals surface area contributed by atoms with Gasteiger partial charge in [0.05, 0.1) is 10.6 Å². The topological polar surface area (TPSA) is 114 Å². The average molecular weight is 414 g/mol. The molecule has 2 N–H and O–H groups in total. The maximum atomic E-state index is 14.4. The zero-order chi connectivity index (χ0) is 21.1. The number of nitro benzene ring substituents is 1. The van der Waals surface area contributed by atoms with E-state index in [0.717, 1.165) is 11.3 Å². The van der Waals surface area contributed by atoms with Crippen LogP contribution in [-0.2, 0) is 4.79 Å². The molecule has 0 spiro atoms. The Balaban J connectivity index is 1.81. The summed E-state index contributed by atoms with van der Waals surface area (Å²) in [5, 5.41) is 17.9. The lowest BCUT2D eigenvalue weighted by atomic mass is 10.1. The highest BCUT2D eigenvalue weighted by molar-refractivity contribution is 7.14. The molecule has 0 saturated heterocycles. The Morgan fingerprint density at radius 3 is 2.62 bits per heavy atom. The van der Waals surface area contributed by atoms with Gasteiger partial charge in [0, 0.05) is 40.7 Å². The molecular formula is C19H15FN4O4S. The van der Waals surface area contributed by atoms with Crippen molar-refractivity contribution in [1.29, 1.82) is 0 Å². The quantitative estimate of drug-likeness (QED) is 0.475. The molecule has 0 unspecified atom stereocenters. The minimum absolute atomic E-state index is 0.154. The number of carbonyl (C=O) groups excluding carboxylic acids is 2. The highest BCUT2D eigenvalue weighted by Gasteiger charge is 2.19. The monoisotopic (exact) mass is 414 g/mol. The highest BCUT2D eigenvalue weighted by atomic mass is 32.1. The van der Waals surface area contributed by atoms with Crippen LogP contribution in [0.2, 0.25) is 0 Å². The van der Waals surface area contributed by atoms with Crippen LogP contribution in [0.4, 0.5) is 20.9 Å². The summed E-state index contributed by atoms with van der Waals surface area (Å²) in [4.78, 5) is 38.2. The van der Waals surface area contributed by atoms with Gasteiger partial charge in [-0.3, -0.25) is 25.0 Å². The van der Waals surface area contributed by atoms with Crippen LogP contribution < -0.4 is 10.6 Å². The lowest BCUT2D eigenvalue weighted by molar-refractivity contribution is -0.385. The molecule has 1 heterocycles. The van der Waals surface area contributed by atoms with Crippen molar-refractivity contribution >= 4 is 39.7 Å². The summed E-state index contributed by atoms with van der Waals surface area (Å²) in [6.07, 6.45) is 0. The predicted octanol–water partition coefficient (Wildman–Crippen LogP) is 4.38. The molecule has 1 aromatic heterocycles. The molecule has 0 bridgehead atoms. The summed E-state index contributed by atoms with van der Waals surface area (Å²) in [6.45, 7) is 2.82. The first-order valence-electron chi connectivity index (χ1n) is 8.34. The third-order valence-corrected chi connectivity index (χ3v) is 4.79. The number of aromatic nitrogens is 1. The molecule has 0 aliphatic heterocycles. The van der Waals surface area contributed by atoms with E-state index in [9.17, 15) is 24.1 Å². The van der Waals surface area contributed by atoms with Gasteiger partial charge < -0.3 is 5.32 Å². The van der Waals surface area contributed by atoms with Crippen molar-refractivity contribution in [3.05, 3.63) is 68.8 Å². The molecule has 2 aromatic carbocycles. The molecule has 3 rings (SSSR count). The Bertz CT molecular complexity index is 1130. The molecule has 0 atom stereocenters. The lowest BCUT2D eigenvalue weighted by Crippen LogP contribution is -2.14. The van der Waals surface area contributed by atoms with Crippen molar-refractivity contribution in [1.82, 2.24) is 4.98 Å². The average Bonchev–Trinajstić information content (AvgIpc) is 3.09. The van der Waals surface area contributed by atoms with Gasteiger partial charge in [0.1, 0.15) is 5.82 Å². The van der Waals surface area contributed by atoms with Gasteiger partial charge in [-0.2, -0.15) is 0 Å². The first-order chi connectivity index (χ1) is 13.8. The molecule has 0 fully saturated rings. The predicted molar refractivity (Wildman–Crippen MR) is 108 cm³/mol. The van der Waals surface area contributed by atoms with Gasteiger partial charge in [0.15, 0.2) is 5.13 Å². The molecule has 148 valence electrons. The van der Waals surface area contributed by atoms with E-state index in [1.54, 1.807) is 11.4 Å². The fourth-order valence-corrected chi connectivity index (χ4v) is 3.40. The summed E-state index contributed by atoms with van der Waals surface area (Å²) >= 11 is 1.09. The molecule has 10 heteroatoms. The fraction of sp³-hybridized carbons (Fsp3) is 0.105. The number of carbonyl (C=O) groups is 2. The van der Waals surface area contributed by atoms with Crippen LogP contribution in [-0.4, -0.2) is 21.7 Å². The zero-order valence-corrected chi connectivity index (χ0v) is 16.2. The van der Waals surface area contributed by atoms with Crippen LogP contribution in [0.3, 0.4) is 0 Å². The van der Waals surface area contributed by atoms with Gasteiger partial charge in [0.2, 0.25) is 5.91 Å². The number of hydrogen-bond acceptors (Lipinski definition) is 6. The molecule has 0 radical (unpaired) electrons. The number of benzene rings is 2. The van der Waals surface area contributed by atoms with Crippen molar-refractivity contribution in [2.24, 2.45) is 0 Å². The standard InChI is InChI=1S/C19H15FN4O4S/c1-10-13(4-3-5-17(10)24(27)28)18(26)23-19-22-16(9-29-19)14-7-6-12(8-15(14)20)21-11(2)25/h3-9H,1-2H3,(H,21,25)(H,22,23,26). The van der Waals surface area contributed by atoms with E-state index < -0.39 is 16.6 Å². The number of nitrogens with one attached hydrogen (secondary N) is 2. The second kappa shape index (κ2) is 8.15. The number of nitro groups is 1. The zero-order valence-electron chi connectivity index (χ0n) is 15.4. The van der Waals surface area contributed by atoms with Crippen LogP contribution in [0.5, 0.6) is 0 Å². The fourth-order valence-electron chi connectivity index (χ4n) is 2.69. The van der Waals surface area contributed by atoms with Crippen LogP contribution >= 0.6 is 11.3 Å². The minimum Gasteiger partial charge on any atom is -0.326 e. The Hall–Kier alpha value is -3.66. The Labute approximate surface area is 168 Å². The van der Waals surface area contributed by atoms with Gasteiger partial charge in [-0.25, -0.2) is 9.37 Å². The van der Waals surface area contributed by atoms with Crippen LogP contribution in [0.1, 0.15) is 22.8 Å². The van der Waals surface area contributed by atoms with E-state index in [-0.39, 0.29) is 33.4 Å². The number of anilines is 2. The molecule has 0 saturated carbocycles. The number of nitrogens with zero attached hydrogens (tertiary/aromatic N) is 2. The van der Waals surface area contributed by atoms with Crippen LogP contribution in [0.15, 0.2) is 41.8 Å². The largest absolute Gasteiger partial charge is 0.326 e. The van der Waals surface area contributed by atoms with Crippen molar-refractivity contribution in [2.75, 3.05) is 10.6 Å². The third-order valence-electron chi connectivity index (χ3n) is 4.04. The second-order valence-corrected chi connectivity index (χ2v) is 6.93. The minimum atomic E-state index is -0.575. The molecular weight excluding hydrogens is 399 g/mol. The highest BCUT2D eigenvalue weighted by Crippen LogP contribution is 2.29. The summed E-state index contributed by atoms with van der Waals surface area (Å²) in [6, 6.07) is 8.43. The van der Waals surface area contributed by atoms with Crippen molar-refractivity contribution < 1.29 is 18.9 Å².